The van der Waals surface area contributed by atoms with Crippen LogP contribution in [0.1, 0.15) is 33.2 Å². The van der Waals surface area contributed by atoms with Gasteiger partial charge in [-0.2, -0.15) is 0 Å². The summed E-state index contributed by atoms with van der Waals surface area (Å²) < 4.78 is 80.8. The van der Waals surface area contributed by atoms with E-state index in [-0.39, 0.29) is 33.9 Å². The SMILES string of the molecule is [2H]c1c([2H])c([2H])c2c(c1[2H])c1c([2H])c([2H])c([2H])c([2H])c1n2-c1ccc2c(c1)N(c1c(-c3ccccc3)cccc1-c1ccccc1)c1cc(-c3ccc4c(c3)C3(c5ccccc5-c5ccccc53)c3ccccc3N4c3ccccc3)cc3c1B2c1ccc(-c2ccc(-n4c5ccccc5c5ccccc54)cc2)cc1N3c1c(-c2ccccc2)cccc1-c1ccccc1. The van der Waals surface area contributed by atoms with E-state index in [1.54, 1.807) is 4.57 Å². The molecule has 0 amide bonds. The number of benzene rings is 19. The van der Waals surface area contributed by atoms with Crippen molar-refractivity contribution in [3.63, 3.8) is 0 Å². The Morgan fingerprint density at radius 1 is 0.215 bits per heavy atom. The van der Waals surface area contributed by atoms with Gasteiger partial charge >= 0.3 is 0 Å². The highest BCUT2D eigenvalue weighted by molar-refractivity contribution is 7.00. The second-order valence-corrected chi connectivity index (χ2v) is 31.9. The molecular formula is C115H74BN5. The van der Waals surface area contributed by atoms with E-state index < -0.39 is 48.4 Å². The number of rotatable bonds is 11. The minimum absolute atomic E-state index is 0.00566. The molecule has 1 spiro atoms. The molecule has 19 aromatic carbocycles. The van der Waals surface area contributed by atoms with E-state index in [4.69, 9.17) is 0 Å². The number of hydrogen-bond acceptors (Lipinski definition) is 3. The van der Waals surface area contributed by atoms with E-state index in [1.807, 2.05) is 18.2 Å². The summed E-state index contributed by atoms with van der Waals surface area (Å²) >= 11 is 0. The number of aromatic nitrogens is 2. The van der Waals surface area contributed by atoms with Gasteiger partial charge in [0.05, 0.1) is 61.2 Å². The Morgan fingerprint density at radius 2 is 0.603 bits per heavy atom. The molecule has 121 heavy (non-hydrogen) atoms. The second-order valence-electron chi connectivity index (χ2n) is 31.9. The molecule has 25 rings (SSSR count). The third-order valence-corrected chi connectivity index (χ3v) is 25.7. The topological polar surface area (TPSA) is 19.6 Å². The number of hydrogen-bond donors (Lipinski definition) is 0. The summed E-state index contributed by atoms with van der Waals surface area (Å²) in [4.78, 5) is 7.48. The van der Waals surface area contributed by atoms with Crippen molar-refractivity contribution < 1.29 is 11.0 Å². The zero-order valence-electron chi connectivity index (χ0n) is 73.4. The maximum absolute atomic E-state index is 10.0. The zero-order valence-corrected chi connectivity index (χ0v) is 65.4. The van der Waals surface area contributed by atoms with Crippen LogP contribution in [-0.4, -0.2) is 15.8 Å². The Labute approximate surface area is 714 Å². The molecule has 2 aromatic heterocycles. The van der Waals surface area contributed by atoms with Gasteiger partial charge in [-0.05, 0) is 191 Å². The Morgan fingerprint density at radius 3 is 1.14 bits per heavy atom. The monoisotopic (exact) mass is 1540 g/mol. The van der Waals surface area contributed by atoms with Crippen LogP contribution < -0.4 is 31.1 Å². The normalized spacial score (nSPS) is 14.0. The van der Waals surface area contributed by atoms with Crippen LogP contribution >= 0.6 is 0 Å². The molecule has 3 aliphatic heterocycles. The molecule has 4 aliphatic rings. The molecule has 0 saturated carbocycles. The summed E-state index contributed by atoms with van der Waals surface area (Å²) in [6.07, 6.45) is 0. The fourth-order valence-corrected chi connectivity index (χ4v) is 20.7. The van der Waals surface area contributed by atoms with Crippen LogP contribution in [0, 0.1) is 0 Å². The smallest absolute Gasteiger partial charge is 0.252 e. The van der Waals surface area contributed by atoms with Gasteiger partial charge in [0, 0.05) is 83.6 Å². The Kier molecular flexibility index (Phi) is 13.6. The molecular weight excluding hydrogens is 1460 g/mol. The van der Waals surface area contributed by atoms with Crippen molar-refractivity contribution in [2.75, 3.05) is 14.7 Å². The predicted octanol–water partition coefficient (Wildman–Crippen LogP) is 28.1. The molecule has 0 N–H and O–H groups in total. The molecule has 0 radical (unpaired) electrons. The van der Waals surface area contributed by atoms with Crippen LogP contribution in [0.4, 0.5) is 51.2 Å². The maximum Gasteiger partial charge on any atom is 0.252 e. The number of nitrogens with zero attached hydrogens (tertiary/aromatic N) is 5. The van der Waals surface area contributed by atoms with Crippen molar-refractivity contribution in [2.24, 2.45) is 0 Å². The lowest BCUT2D eigenvalue weighted by Crippen LogP contribution is -2.61. The first-order chi connectivity index (χ1) is 63.4. The molecule has 0 bridgehead atoms. The van der Waals surface area contributed by atoms with E-state index >= 15 is 0 Å². The highest BCUT2D eigenvalue weighted by atomic mass is 15.2. The van der Waals surface area contributed by atoms with Gasteiger partial charge in [-0.25, -0.2) is 0 Å². The van der Waals surface area contributed by atoms with Gasteiger partial charge in [-0.1, -0.05) is 352 Å². The van der Waals surface area contributed by atoms with Crippen LogP contribution in [-0.2, 0) is 5.41 Å². The molecule has 5 heterocycles. The van der Waals surface area contributed by atoms with E-state index in [0.717, 1.165) is 162 Å². The van der Waals surface area contributed by atoms with Crippen LogP contribution in [0.2, 0.25) is 0 Å². The quantitative estimate of drug-likeness (QED) is 0.120. The van der Waals surface area contributed by atoms with Crippen molar-refractivity contribution >= 4 is 118 Å². The van der Waals surface area contributed by atoms with Crippen LogP contribution in [0.25, 0.3) is 133 Å². The molecule has 1 aliphatic carbocycles. The average molecular weight is 1540 g/mol. The van der Waals surface area contributed by atoms with Crippen LogP contribution in [0.3, 0.4) is 0 Å². The zero-order chi connectivity index (χ0) is 86.3. The van der Waals surface area contributed by atoms with Crippen molar-refractivity contribution in [1.29, 1.82) is 0 Å². The second kappa shape index (κ2) is 27.2. The largest absolute Gasteiger partial charge is 0.310 e. The van der Waals surface area contributed by atoms with Gasteiger partial charge < -0.3 is 23.8 Å². The molecule has 0 fully saturated rings. The van der Waals surface area contributed by atoms with Crippen molar-refractivity contribution in [1.82, 2.24) is 9.13 Å². The molecule has 0 atom stereocenters. The summed E-state index contributed by atoms with van der Waals surface area (Å²) in [5.74, 6) is 0. The van der Waals surface area contributed by atoms with E-state index in [0.29, 0.717) is 5.69 Å². The number of fused-ring (bicyclic) bond motifs is 19. The predicted molar refractivity (Wildman–Crippen MR) is 507 cm³/mol. The van der Waals surface area contributed by atoms with Gasteiger partial charge in [-0.3, -0.25) is 0 Å². The van der Waals surface area contributed by atoms with Crippen molar-refractivity contribution in [2.45, 2.75) is 5.41 Å². The third-order valence-electron chi connectivity index (χ3n) is 25.7. The van der Waals surface area contributed by atoms with Gasteiger partial charge in [0.25, 0.3) is 6.71 Å². The first kappa shape index (κ1) is 60.7. The van der Waals surface area contributed by atoms with E-state index in [1.165, 1.54) is 33.0 Å². The summed E-state index contributed by atoms with van der Waals surface area (Å²) in [6, 6.07) is 142. The van der Waals surface area contributed by atoms with Crippen molar-refractivity contribution in [3.05, 3.63) is 471 Å². The van der Waals surface area contributed by atoms with Crippen molar-refractivity contribution in [3.8, 4) is 89.3 Å². The van der Waals surface area contributed by atoms with E-state index in [9.17, 15) is 11.0 Å². The molecule has 562 valence electrons. The number of para-hydroxylation sites is 8. The van der Waals surface area contributed by atoms with Crippen LogP contribution in [0.5, 0.6) is 0 Å². The lowest BCUT2D eigenvalue weighted by Gasteiger charge is -2.46. The Hall–Kier alpha value is -15.8. The molecule has 6 heteroatoms. The van der Waals surface area contributed by atoms with Crippen LogP contribution in [0.15, 0.2) is 449 Å². The minimum Gasteiger partial charge on any atom is -0.310 e. The molecule has 0 unspecified atom stereocenters. The summed E-state index contributed by atoms with van der Waals surface area (Å²) in [6.45, 7) is -0.572. The van der Waals surface area contributed by atoms with Gasteiger partial charge in [0.2, 0.25) is 0 Å². The summed E-state index contributed by atoms with van der Waals surface area (Å²) in [5, 5.41) is 2.36. The molecule has 5 nitrogen and oxygen atoms in total. The van der Waals surface area contributed by atoms with E-state index in [2.05, 4.69) is 401 Å². The molecule has 21 aromatic rings. The fraction of sp³-hybridized carbons (Fsp3) is 0.00870. The van der Waals surface area contributed by atoms with Gasteiger partial charge in [-0.15, -0.1) is 0 Å². The summed E-state index contributed by atoms with van der Waals surface area (Å²) in [5.41, 5.74) is 32.9. The van der Waals surface area contributed by atoms with Gasteiger partial charge in [0.15, 0.2) is 0 Å². The lowest BCUT2D eigenvalue weighted by molar-refractivity contribution is 0.753. The fourth-order valence-electron chi connectivity index (χ4n) is 20.7. The van der Waals surface area contributed by atoms with Gasteiger partial charge in [0.1, 0.15) is 0 Å². The highest BCUT2D eigenvalue weighted by Crippen LogP contribution is 2.65. The highest BCUT2D eigenvalue weighted by Gasteiger charge is 2.53. The molecule has 0 saturated heterocycles. The minimum atomic E-state index is -0.838. The standard InChI is InChI=1S/C115H74BN5/c1-6-32-76(33-7-1)86-48-30-49-87(77-34-8-2-9-35-77)113(86)120-108-71-81(75-60-64-84(65-61-75)117-102-55-25-18-44-92(102)93-45-19-26-56-103(93)117)62-67-100(108)116-101-68-66-85(119-104-57-27-20-46-94(104)95-47-21-28-58-105(95)119)74-109(101)121(114-88(78-36-10-3-11-37-78)50-31-51-89(114)79-38-12-4-13-39-79)111-73-82(72-110(120)112(111)116)80-63-69-107-99(70-80)115(96-52-22-16-42-90(96)91-43-17-23-53-97(91)115)98-54-24-29-59-106(98)118(107)83-40-14-5-15-41-83/h1-74H/i20D,21D,27D,28D,46D,47D,57D,58D. The average Bonchev–Trinajstić information content (AvgIpc) is 1.22. The number of anilines is 9. The Balaban J connectivity index is 0.846. The third kappa shape index (κ3) is 10.2. The first-order valence-corrected chi connectivity index (χ1v) is 41.3. The summed E-state index contributed by atoms with van der Waals surface area (Å²) in [7, 11) is 0. The maximum atomic E-state index is 10.0. The first-order valence-electron chi connectivity index (χ1n) is 45.3. The Bertz CT molecular complexity index is 8020. The lowest BCUT2D eigenvalue weighted by atomic mass is 9.33.